The molecule has 0 heterocycles. The van der Waals surface area contributed by atoms with Crippen molar-refractivity contribution in [1.82, 2.24) is 0 Å². The zero-order valence-electron chi connectivity index (χ0n) is 9.51. The minimum absolute atomic E-state index is 0.513. The summed E-state index contributed by atoms with van der Waals surface area (Å²) in [5.74, 6) is 3.11. The largest absolute Gasteiger partial charge is 0.472 e. The quantitative estimate of drug-likeness (QED) is 0.663. The van der Waals surface area contributed by atoms with Crippen LogP contribution >= 0.6 is 24.0 Å². The fourth-order valence-electron chi connectivity index (χ4n) is 1.07. The number of thiocarbonyl (C=S) groups is 1. The molecular formula is C13H9NO2S2. The summed E-state index contributed by atoms with van der Waals surface area (Å²) in [7, 11) is 0. The summed E-state index contributed by atoms with van der Waals surface area (Å²) in [5.41, 5.74) is 0.816. The predicted octanol–water partition coefficient (Wildman–Crippen LogP) is 2.47. The Kier molecular flexibility index (Phi) is 4.91. The van der Waals surface area contributed by atoms with E-state index in [4.69, 9.17) is 22.6 Å². The third kappa shape index (κ3) is 4.21. The molecule has 1 aromatic carbocycles. The molecule has 90 valence electrons. The first kappa shape index (κ1) is 14.2. The van der Waals surface area contributed by atoms with Gasteiger partial charge in [0.2, 0.25) is 0 Å². The molecule has 18 heavy (non-hydrogen) atoms. The van der Waals surface area contributed by atoms with E-state index in [1.807, 2.05) is 42.3 Å². The second-order valence-electron chi connectivity index (χ2n) is 3.46. The number of aliphatic carboxylic acids is 1. The fraction of sp³-hybridized carbons (Fsp3) is 0.154. The molecule has 0 aliphatic heterocycles. The highest BCUT2D eigenvalue weighted by atomic mass is 32.2. The zero-order valence-corrected chi connectivity index (χ0v) is 11.1. The van der Waals surface area contributed by atoms with Crippen LogP contribution in [0.3, 0.4) is 0 Å². The lowest BCUT2D eigenvalue weighted by Crippen LogP contribution is -2.17. The highest BCUT2D eigenvalue weighted by Gasteiger charge is 2.24. The van der Waals surface area contributed by atoms with Crippen LogP contribution in [0.1, 0.15) is 12.5 Å². The molecule has 1 N–H and O–H groups in total. The SMILES string of the molecule is CC(C#N)(C#CC(=O)O)SC(=S)c1ccccc1. The van der Waals surface area contributed by atoms with Crippen LogP contribution in [0.5, 0.6) is 0 Å². The Morgan fingerprint density at radius 2 is 2.06 bits per heavy atom. The summed E-state index contributed by atoms with van der Waals surface area (Å²) in [6.45, 7) is 1.54. The smallest absolute Gasteiger partial charge is 0.381 e. The van der Waals surface area contributed by atoms with Gasteiger partial charge in [-0.25, -0.2) is 4.79 Å². The standard InChI is InChI=1S/C13H9NO2S2/c1-13(9-14,8-7-11(15)16)18-12(17)10-5-3-2-4-6-10/h2-6H,1H3,(H,15,16). The Morgan fingerprint density at radius 3 is 2.56 bits per heavy atom. The monoisotopic (exact) mass is 275 g/mol. The molecule has 0 aliphatic rings. The molecule has 0 aliphatic carbocycles. The summed E-state index contributed by atoms with van der Waals surface area (Å²) in [5, 5.41) is 17.6. The molecule has 0 spiro atoms. The van der Waals surface area contributed by atoms with Crippen LogP contribution in [-0.2, 0) is 4.79 Å². The van der Waals surface area contributed by atoms with Crippen molar-refractivity contribution >= 4 is 34.1 Å². The van der Waals surface area contributed by atoms with Crippen LogP contribution < -0.4 is 0 Å². The molecule has 0 fully saturated rings. The van der Waals surface area contributed by atoms with Crippen molar-refractivity contribution in [3.8, 4) is 17.9 Å². The topological polar surface area (TPSA) is 61.1 Å². The summed E-state index contributed by atoms with van der Waals surface area (Å²) >= 11 is 6.29. The number of carbonyl (C=O) groups is 1. The molecule has 0 saturated heterocycles. The Morgan fingerprint density at radius 1 is 1.44 bits per heavy atom. The summed E-state index contributed by atoms with van der Waals surface area (Å²) in [6.07, 6.45) is 0. The van der Waals surface area contributed by atoms with Crippen LogP contribution in [0.2, 0.25) is 0 Å². The Bertz CT molecular complexity index is 566. The van der Waals surface area contributed by atoms with Crippen molar-refractivity contribution in [2.75, 3.05) is 0 Å². The van der Waals surface area contributed by atoms with Crippen molar-refractivity contribution in [3.05, 3.63) is 35.9 Å². The zero-order chi connectivity index (χ0) is 13.6. The third-order valence-corrected chi connectivity index (χ3v) is 3.44. The second-order valence-corrected chi connectivity index (χ2v) is 5.55. The first-order chi connectivity index (χ1) is 8.47. The second kappa shape index (κ2) is 6.20. The van der Waals surface area contributed by atoms with Crippen molar-refractivity contribution in [2.45, 2.75) is 11.7 Å². The summed E-state index contributed by atoms with van der Waals surface area (Å²) in [6, 6.07) is 11.2. The van der Waals surface area contributed by atoms with E-state index in [9.17, 15) is 4.79 Å². The number of benzene rings is 1. The van der Waals surface area contributed by atoms with Gasteiger partial charge in [0.15, 0.2) is 4.75 Å². The highest BCUT2D eigenvalue weighted by molar-refractivity contribution is 8.24. The molecule has 0 bridgehead atoms. The fourth-order valence-corrected chi connectivity index (χ4v) is 2.48. The molecule has 0 amide bonds. The first-order valence-corrected chi connectivity index (χ1v) is 6.15. The van der Waals surface area contributed by atoms with E-state index < -0.39 is 10.7 Å². The van der Waals surface area contributed by atoms with Crippen LogP contribution in [-0.4, -0.2) is 20.0 Å². The Balaban J connectivity index is 2.89. The number of carboxylic acid groups (broad SMARTS) is 1. The van der Waals surface area contributed by atoms with Gasteiger partial charge in [0.1, 0.15) is 0 Å². The molecular weight excluding hydrogens is 266 g/mol. The molecule has 3 nitrogen and oxygen atoms in total. The van der Waals surface area contributed by atoms with Crippen LogP contribution in [0, 0.1) is 23.2 Å². The maximum Gasteiger partial charge on any atom is 0.381 e. The average Bonchev–Trinajstić information content (AvgIpc) is 2.37. The Labute approximate surface area is 115 Å². The van der Waals surface area contributed by atoms with Gasteiger partial charge in [0, 0.05) is 5.92 Å². The number of nitrogens with zero attached hydrogens (tertiary/aromatic N) is 1. The molecule has 1 atom stereocenters. The predicted molar refractivity (Wildman–Crippen MR) is 75.2 cm³/mol. The van der Waals surface area contributed by atoms with Crippen molar-refractivity contribution in [1.29, 1.82) is 5.26 Å². The van der Waals surface area contributed by atoms with E-state index in [2.05, 4.69) is 5.92 Å². The summed E-state index contributed by atoms with van der Waals surface area (Å²) in [4.78, 5) is 10.4. The van der Waals surface area contributed by atoms with Gasteiger partial charge in [-0.15, -0.1) is 0 Å². The average molecular weight is 275 g/mol. The number of hydrogen-bond donors (Lipinski definition) is 1. The molecule has 1 unspecified atom stereocenters. The molecule has 1 aromatic rings. The third-order valence-electron chi connectivity index (χ3n) is 1.93. The van der Waals surface area contributed by atoms with Gasteiger partial charge in [-0.3, -0.25) is 0 Å². The van der Waals surface area contributed by atoms with E-state index in [1.165, 1.54) is 0 Å². The van der Waals surface area contributed by atoms with E-state index in [0.29, 0.717) is 4.20 Å². The number of nitriles is 1. The molecule has 0 aromatic heterocycles. The number of rotatable bonds is 2. The molecule has 0 saturated carbocycles. The van der Waals surface area contributed by atoms with Crippen molar-refractivity contribution in [2.24, 2.45) is 0 Å². The lowest BCUT2D eigenvalue weighted by molar-refractivity contribution is -0.130. The minimum Gasteiger partial charge on any atom is -0.472 e. The normalized spacial score (nSPS) is 12.4. The van der Waals surface area contributed by atoms with Gasteiger partial charge in [-0.05, 0) is 12.5 Å². The first-order valence-electron chi connectivity index (χ1n) is 4.92. The number of thioether (sulfide) groups is 1. The van der Waals surface area contributed by atoms with Crippen LogP contribution in [0.25, 0.3) is 0 Å². The van der Waals surface area contributed by atoms with Crippen LogP contribution in [0.15, 0.2) is 30.3 Å². The van der Waals surface area contributed by atoms with Gasteiger partial charge in [-0.2, -0.15) is 5.26 Å². The van der Waals surface area contributed by atoms with E-state index in [-0.39, 0.29) is 0 Å². The van der Waals surface area contributed by atoms with Gasteiger partial charge < -0.3 is 5.11 Å². The van der Waals surface area contributed by atoms with E-state index in [0.717, 1.165) is 17.3 Å². The lowest BCUT2D eigenvalue weighted by Gasteiger charge is -2.14. The Hall–Kier alpha value is -1.82. The van der Waals surface area contributed by atoms with E-state index >= 15 is 0 Å². The minimum atomic E-state index is -1.26. The lowest BCUT2D eigenvalue weighted by atomic mass is 10.2. The van der Waals surface area contributed by atoms with Crippen molar-refractivity contribution < 1.29 is 9.90 Å². The van der Waals surface area contributed by atoms with Gasteiger partial charge in [0.05, 0.1) is 10.3 Å². The highest BCUT2D eigenvalue weighted by Crippen LogP contribution is 2.28. The van der Waals surface area contributed by atoms with Gasteiger partial charge >= 0.3 is 5.97 Å². The maximum absolute atomic E-state index is 10.4. The number of hydrogen-bond acceptors (Lipinski definition) is 4. The van der Waals surface area contributed by atoms with E-state index in [1.54, 1.807) is 6.92 Å². The van der Waals surface area contributed by atoms with Crippen molar-refractivity contribution in [3.63, 3.8) is 0 Å². The van der Waals surface area contributed by atoms with Gasteiger partial charge in [-0.1, -0.05) is 60.2 Å². The summed E-state index contributed by atoms with van der Waals surface area (Å²) < 4.78 is -0.648. The number of carboxylic acids is 1. The molecule has 1 rings (SSSR count). The van der Waals surface area contributed by atoms with Crippen LogP contribution in [0.4, 0.5) is 0 Å². The maximum atomic E-state index is 10.4. The molecule has 5 heteroatoms. The van der Waals surface area contributed by atoms with Gasteiger partial charge in [0.25, 0.3) is 0 Å². The molecule has 0 radical (unpaired) electrons.